The lowest BCUT2D eigenvalue weighted by atomic mass is 10.1. The first-order chi connectivity index (χ1) is 8.58. The molecule has 0 aromatic heterocycles. The zero-order valence-electron chi connectivity index (χ0n) is 12.2. The molecule has 1 atom stereocenters. The van der Waals surface area contributed by atoms with Crippen LogP contribution in [0.25, 0.3) is 0 Å². The number of nitrogens with zero attached hydrogens (tertiary/aromatic N) is 1. The molecule has 1 aliphatic heterocycles. The van der Waals surface area contributed by atoms with Gasteiger partial charge in [0.15, 0.2) is 0 Å². The Bertz CT molecular complexity index is 204. The highest BCUT2D eigenvalue weighted by Crippen LogP contribution is 2.14. The maximum Gasteiger partial charge on any atom is 0.0599 e. The lowest BCUT2D eigenvalue weighted by Gasteiger charge is -2.32. The van der Waals surface area contributed by atoms with E-state index in [1.54, 1.807) is 0 Å². The summed E-state index contributed by atoms with van der Waals surface area (Å²) in [5.41, 5.74) is 0. The summed E-state index contributed by atoms with van der Waals surface area (Å²) in [5, 5.41) is 3.89. The fourth-order valence-electron chi connectivity index (χ4n) is 2.35. The van der Waals surface area contributed by atoms with Gasteiger partial charge in [0.05, 0.1) is 6.10 Å². The lowest BCUT2D eigenvalue weighted by molar-refractivity contribution is 0.00694. The van der Waals surface area contributed by atoms with Crippen molar-refractivity contribution in [3.05, 3.63) is 0 Å². The van der Waals surface area contributed by atoms with Gasteiger partial charge in [-0.1, -0.05) is 20.8 Å². The lowest BCUT2D eigenvalue weighted by Crippen LogP contribution is -2.39. The molecular weight excluding hydrogens is 244 g/mol. The van der Waals surface area contributed by atoms with E-state index in [9.17, 15) is 0 Å². The van der Waals surface area contributed by atoms with Crippen molar-refractivity contribution in [2.75, 3.05) is 32.8 Å². The topological polar surface area (TPSA) is 24.5 Å². The predicted octanol–water partition coefficient (Wildman–Crippen LogP) is 2.17. The first-order valence-corrected chi connectivity index (χ1v) is 7.85. The van der Waals surface area contributed by atoms with Gasteiger partial charge in [-0.15, -0.1) is 0 Å². The number of piperidine rings is 1. The fraction of sp³-hybridized carbons (Fsp3) is 1.00. The number of ether oxygens (including phenoxy) is 1. The number of hydrogen-bond donors (Lipinski definition) is 2. The van der Waals surface area contributed by atoms with E-state index < -0.39 is 0 Å². The molecule has 4 heteroatoms. The summed E-state index contributed by atoms with van der Waals surface area (Å²) in [4.78, 5) is 2.50. The Kier molecular flexibility index (Phi) is 8.31. The van der Waals surface area contributed by atoms with Gasteiger partial charge in [0.25, 0.3) is 0 Å². The highest BCUT2D eigenvalue weighted by atomic mass is 32.1. The molecule has 0 aromatic rings. The molecule has 1 rings (SSSR count). The van der Waals surface area contributed by atoms with Crippen LogP contribution in [0.3, 0.4) is 0 Å². The van der Waals surface area contributed by atoms with Crippen LogP contribution in [-0.4, -0.2) is 55.1 Å². The Labute approximate surface area is 118 Å². The van der Waals surface area contributed by atoms with Gasteiger partial charge in [-0.3, -0.25) is 0 Å². The SMILES string of the molecule is CC(S)CN1CCC(OCCCNC(C)C)CC1. The number of hydrogen-bond acceptors (Lipinski definition) is 4. The number of nitrogens with one attached hydrogen (secondary N) is 1. The third kappa shape index (κ3) is 7.62. The van der Waals surface area contributed by atoms with Gasteiger partial charge >= 0.3 is 0 Å². The molecule has 1 saturated heterocycles. The minimum absolute atomic E-state index is 0.476. The molecule has 3 nitrogen and oxygen atoms in total. The highest BCUT2D eigenvalue weighted by Gasteiger charge is 2.19. The number of rotatable bonds is 8. The maximum atomic E-state index is 5.93. The molecule has 1 N–H and O–H groups in total. The zero-order valence-corrected chi connectivity index (χ0v) is 13.1. The van der Waals surface area contributed by atoms with E-state index in [0.29, 0.717) is 17.4 Å². The van der Waals surface area contributed by atoms with Gasteiger partial charge < -0.3 is 15.0 Å². The van der Waals surface area contributed by atoms with Crippen LogP contribution in [0.1, 0.15) is 40.0 Å². The maximum absolute atomic E-state index is 5.93. The molecule has 0 radical (unpaired) electrons. The summed E-state index contributed by atoms with van der Waals surface area (Å²) < 4.78 is 5.93. The molecule has 0 aliphatic carbocycles. The van der Waals surface area contributed by atoms with Gasteiger partial charge in [0.1, 0.15) is 0 Å². The van der Waals surface area contributed by atoms with Crippen molar-refractivity contribution in [3.8, 4) is 0 Å². The summed E-state index contributed by atoms with van der Waals surface area (Å²) in [7, 11) is 0. The van der Waals surface area contributed by atoms with Crippen molar-refractivity contribution >= 4 is 12.6 Å². The molecule has 0 saturated carbocycles. The van der Waals surface area contributed by atoms with Gasteiger partial charge in [0.2, 0.25) is 0 Å². The molecule has 0 aromatic carbocycles. The van der Waals surface area contributed by atoms with Crippen molar-refractivity contribution in [3.63, 3.8) is 0 Å². The van der Waals surface area contributed by atoms with E-state index in [2.05, 4.69) is 43.6 Å². The van der Waals surface area contributed by atoms with Gasteiger partial charge in [0, 0.05) is 37.5 Å². The van der Waals surface area contributed by atoms with E-state index in [0.717, 1.165) is 26.1 Å². The van der Waals surface area contributed by atoms with E-state index in [-0.39, 0.29) is 0 Å². The van der Waals surface area contributed by atoms with Crippen LogP contribution in [0.4, 0.5) is 0 Å². The molecule has 1 aliphatic rings. The first kappa shape index (κ1) is 16.3. The van der Waals surface area contributed by atoms with Crippen LogP contribution >= 0.6 is 12.6 Å². The van der Waals surface area contributed by atoms with Crippen LogP contribution < -0.4 is 5.32 Å². The second-order valence-electron chi connectivity index (χ2n) is 5.68. The quantitative estimate of drug-likeness (QED) is 0.524. The smallest absolute Gasteiger partial charge is 0.0599 e. The summed E-state index contributed by atoms with van der Waals surface area (Å²) >= 11 is 4.45. The molecular formula is C14H30N2OS. The fourth-order valence-corrected chi connectivity index (χ4v) is 2.58. The number of thiol groups is 1. The molecule has 1 unspecified atom stereocenters. The van der Waals surface area contributed by atoms with Gasteiger partial charge in [-0.2, -0.15) is 12.6 Å². The van der Waals surface area contributed by atoms with Crippen molar-refractivity contribution in [1.82, 2.24) is 10.2 Å². The average molecular weight is 274 g/mol. The third-order valence-electron chi connectivity index (χ3n) is 3.28. The largest absolute Gasteiger partial charge is 0.378 e. The Hall–Kier alpha value is 0.230. The minimum Gasteiger partial charge on any atom is -0.378 e. The Morgan fingerprint density at radius 3 is 2.50 bits per heavy atom. The molecule has 18 heavy (non-hydrogen) atoms. The molecule has 0 spiro atoms. The minimum atomic E-state index is 0.476. The van der Waals surface area contributed by atoms with E-state index in [4.69, 9.17) is 4.74 Å². The van der Waals surface area contributed by atoms with Crippen molar-refractivity contribution < 1.29 is 4.74 Å². The summed E-state index contributed by atoms with van der Waals surface area (Å²) in [5.74, 6) is 0. The normalized spacial score (nSPS) is 20.5. The molecule has 0 bridgehead atoms. The van der Waals surface area contributed by atoms with Crippen molar-refractivity contribution in [1.29, 1.82) is 0 Å². The van der Waals surface area contributed by atoms with Crippen molar-refractivity contribution in [2.45, 2.75) is 57.4 Å². The molecule has 1 fully saturated rings. The summed E-state index contributed by atoms with van der Waals surface area (Å²) in [6.07, 6.45) is 3.96. The van der Waals surface area contributed by atoms with Crippen LogP contribution in [-0.2, 0) is 4.74 Å². The summed E-state index contributed by atoms with van der Waals surface area (Å²) in [6, 6.07) is 0.580. The molecule has 0 amide bonds. The standard InChI is InChI=1S/C14H30N2OS/c1-12(2)15-7-4-10-17-14-5-8-16(9-6-14)11-13(3)18/h12-15,18H,4-11H2,1-3H3. The van der Waals surface area contributed by atoms with Gasteiger partial charge in [-0.25, -0.2) is 0 Å². The Morgan fingerprint density at radius 1 is 1.28 bits per heavy atom. The summed E-state index contributed by atoms with van der Waals surface area (Å²) in [6.45, 7) is 11.9. The van der Waals surface area contributed by atoms with E-state index in [1.165, 1.54) is 25.9 Å². The van der Waals surface area contributed by atoms with E-state index in [1.807, 2.05) is 0 Å². The van der Waals surface area contributed by atoms with Crippen LogP contribution in [0.2, 0.25) is 0 Å². The molecule has 108 valence electrons. The zero-order chi connectivity index (χ0) is 13.4. The first-order valence-electron chi connectivity index (χ1n) is 7.33. The third-order valence-corrected chi connectivity index (χ3v) is 3.45. The monoisotopic (exact) mass is 274 g/mol. The Morgan fingerprint density at radius 2 is 1.94 bits per heavy atom. The van der Waals surface area contributed by atoms with Crippen LogP contribution in [0.15, 0.2) is 0 Å². The second kappa shape index (κ2) is 9.18. The molecule has 1 heterocycles. The number of likely N-dealkylation sites (tertiary alicyclic amines) is 1. The van der Waals surface area contributed by atoms with Crippen molar-refractivity contribution in [2.24, 2.45) is 0 Å². The predicted molar refractivity (Wildman–Crippen MR) is 81.6 cm³/mol. The van der Waals surface area contributed by atoms with E-state index >= 15 is 0 Å². The average Bonchev–Trinajstić information content (AvgIpc) is 2.30. The highest BCUT2D eigenvalue weighted by molar-refractivity contribution is 7.80. The van der Waals surface area contributed by atoms with Crippen LogP contribution in [0, 0.1) is 0 Å². The second-order valence-corrected chi connectivity index (χ2v) is 6.56. The van der Waals surface area contributed by atoms with Crippen LogP contribution in [0.5, 0.6) is 0 Å². The van der Waals surface area contributed by atoms with Gasteiger partial charge in [-0.05, 0) is 25.8 Å². The Balaban J connectivity index is 1.98.